The smallest absolute Gasteiger partial charge is 0.371 e. The van der Waals surface area contributed by atoms with Crippen LogP contribution in [0.3, 0.4) is 0 Å². The molecule has 0 saturated carbocycles. The lowest BCUT2D eigenvalue weighted by molar-refractivity contribution is -0.137. The van der Waals surface area contributed by atoms with Gasteiger partial charge in [-0.2, -0.15) is 13.2 Å². The lowest BCUT2D eigenvalue weighted by Crippen LogP contribution is -2.22. The molecule has 0 aliphatic carbocycles. The fraction of sp³-hybridized carbons (Fsp3) is 0.455. The molecule has 81 valence electrons. The van der Waals surface area contributed by atoms with E-state index in [4.69, 9.17) is 0 Å². The Bertz CT molecular complexity index is 340. The molecule has 0 aromatic heterocycles. The predicted octanol–water partition coefficient (Wildman–Crippen LogP) is 3.11. The molecular weight excluding hydrogens is 203 g/mol. The van der Waals surface area contributed by atoms with Crippen LogP contribution in [0.1, 0.15) is 18.4 Å². The zero-order chi connectivity index (χ0) is 10.9. The van der Waals surface area contributed by atoms with Gasteiger partial charge in [-0.3, -0.25) is 0 Å². The molecule has 1 radical (unpaired) electrons. The molecule has 1 aromatic rings. The van der Waals surface area contributed by atoms with Gasteiger partial charge in [0.25, 0.3) is 0 Å². The molecule has 1 heterocycles. The largest absolute Gasteiger partial charge is 0.418 e. The fourth-order valence-electron chi connectivity index (χ4n) is 1.88. The van der Waals surface area contributed by atoms with E-state index in [1.807, 2.05) is 0 Å². The normalized spacial score (nSPS) is 17.1. The van der Waals surface area contributed by atoms with Crippen molar-refractivity contribution in [1.29, 1.82) is 0 Å². The summed E-state index contributed by atoms with van der Waals surface area (Å²) in [6.07, 6.45) is -2.38. The van der Waals surface area contributed by atoms with E-state index in [9.17, 15) is 13.2 Å². The molecule has 1 fully saturated rings. The van der Waals surface area contributed by atoms with Crippen LogP contribution in [0.25, 0.3) is 0 Å². The van der Waals surface area contributed by atoms with Crippen LogP contribution >= 0.6 is 0 Å². The van der Waals surface area contributed by atoms with E-state index in [2.05, 4.69) is 6.07 Å². The van der Waals surface area contributed by atoms with Crippen molar-refractivity contribution in [3.63, 3.8) is 0 Å². The molecule has 0 unspecified atom stereocenters. The van der Waals surface area contributed by atoms with Crippen LogP contribution in [0.15, 0.2) is 18.2 Å². The summed E-state index contributed by atoms with van der Waals surface area (Å²) in [7, 11) is 0. The van der Waals surface area contributed by atoms with Crippen LogP contribution in [0.5, 0.6) is 0 Å². The molecule has 2 rings (SSSR count). The zero-order valence-corrected chi connectivity index (χ0v) is 8.14. The summed E-state index contributed by atoms with van der Waals surface area (Å²) in [5.41, 5.74) is -0.380. The van der Waals surface area contributed by atoms with Gasteiger partial charge in [0.15, 0.2) is 0 Å². The van der Waals surface area contributed by atoms with Crippen molar-refractivity contribution in [3.8, 4) is 0 Å². The quantitative estimate of drug-likeness (QED) is 0.694. The van der Waals surface area contributed by atoms with Crippen molar-refractivity contribution in [3.05, 3.63) is 29.8 Å². The molecule has 1 saturated heterocycles. The van der Waals surface area contributed by atoms with Crippen LogP contribution in [-0.2, 0) is 6.18 Å². The highest BCUT2D eigenvalue weighted by molar-refractivity contribution is 5.55. The Balaban J connectivity index is 2.37. The minimum absolute atomic E-state index is 0.266. The summed E-state index contributed by atoms with van der Waals surface area (Å²) in [4.78, 5) is 1.78. The number of hydrogen-bond acceptors (Lipinski definition) is 1. The molecule has 1 nitrogen and oxygen atoms in total. The van der Waals surface area contributed by atoms with E-state index >= 15 is 0 Å². The maximum atomic E-state index is 12.6. The number of hydrogen-bond donors (Lipinski definition) is 0. The molecule has 1 aromatic carbocycles. The highest BCUT2D eigenvalue weighted by Gasteiger charge is 2.35. The Labute approximate surface area is 86.5 Å². The second-order valence-electron chi connectivity index (χ2n) is 3.62. The van der Waals surface area contributed by atoms with E-state index in [1.165, 1.54) is 12.1 Å². The lowest BCUT2D eigenvalue weighted by atomic mass is 10.1. The number of rotatable bonds is 1. The van der Waals surface area contributed by atoms with Crippen molar-refractivity contribution in [2.75, 3.05) is 18.0 Å². The Hall–Kier alpha value is -1.19. The second-order valence-corrected chi connectivity index (χ2v) is 3.62. The summed E-state index contributed by atoms with van der Waals surface area (Å²) in [5.74, 6) is 0. The third-order valence-electron chi connectivity index (χ3n) is 2.56. The SMILES string of the molecule is FC(F)(F)c1[c]cccc1N1CCCC1. The van der Waals surface area contributed by atoms with Gasteiger partial charge in [0.2, 0.25) is 0 Å². The van der Waals surface area contributed by atoms with Gasteiger partial charge in [-0.05, 0) is 25.0 Å². The van der Waals surface area contributed by atoms with Gasteiger partial charge in [-0.25, -0.2) is 0 Å². The van der Waals surface area contributed by atoms with Crippen molar-refractivity contribution in [1.82, 2.24) is 0 Å². The highest BCUT2D eigenvalue weighted by atomic mass is 19.4. The Morgan fingerprint density at radius 1 is 1.20 bits per heavy atom. The first-order valence-corrected chi connectivity index (χ1v) is 4.92. The van der Waals surface area contributed by atoms with Crippen molar-refractivity contribution in [2.24, 2.45) is 0 Å². The van der Waals surface area contributed by atoms with E-state index in [0.29, 0.717) is 13.1 Å². The van der Waals surface area contributed by atoms with Gasteiger partial charge in [-0.15, -0.1) is 0 Å². The molecule has 0 bridgehead atoms. The van der Waals surface area contributed by atoms with Crippen LogP contribution in [0.4, 0.5) is 18.9 Å². The fourth-order valence-corrected chi connectivity index (χ4v) is 1.88. The summed E-state index contributed by atoms with van der Waals surface area (Å²) < 4.78 is 37.9. The summed E-state index contributed by atoms with van der Waals surface area (Å²) in [5, 5.41) is 0. The molecular formula is C11H11F3N. The number of anilines is 1. The first-order chi connectivity index (χ1) is 7.09. The minimum Gasteiger partial charge on any atom is -0.371 e. The van der Waals surface area contributed by atoms with E-state index in [-0.39, 0.29) is 5.69 Å². The average Bonchev–Trinajstić information content (AvgIpc) is 2.69. The molecule has 0 atom stereocenters. The first-order valence-electron chi connectivity index (χ1n) is 4.92. The van der Waals surface area contributed by atoms with Crippen molar-refractivity contribution < 1.29 is 13.2 Å². The van der Waals surface area contributed by atoms with Crippen molar-refractivity contribution >= 4 is 5.69 Å². The minimum atomic E-state index is -4.31. The topological polar surface area (TPSA) is 3.24 Å². The van der Waals surface area contributed by atoms with E-state index < -0.39 is 11.7 Å². The molecule has 0 spiro atoms. The number of halogens is 3. The van der Waals surface area contributed by atoms with E-state index in [1.54, 1.807) is 11.0 Å². The number of alkyl halides is 3. The first kappa shape index (κ1) is 10.3. The zero-order valence-electron chi connectivity index (χ0n) is 8.14. The van der Waals surface area contributed by atoms with Crippen LogP contribution < -0.4 is 4.90 Å². The van der Waals surface area contributed by atoms with Gasteiger partial charge in [0.05, 0.1) is 5.56 Å². The standard InChI is InChI=1S/C11H11F3N/c12-11(13,14)9-5-1-2-6-10(9)15-7-3-4-8-15/h1-2,6H,3-4,7-8H2. The third kappa shape index (κ3) is 2.08. The Morgan fingerprint density at radius 2 is 1.87 bits per heavy atom. The van der Waals surface area contributed by atoms with E-state index in [0.717, 1.165) is 12.8 Å². The highest BCUT2D eigenvalue weighted by Crippen LogP contribution is 2.36. The van der Waals surface area contributed by atoms with Gasteiger partial charge in [-0.1, -0.05) is 12.1 Å². The Kier molecular flexibility index (Phi) is 2.59. The van der Waals surface area contributed by atoms with Gasteiger partial charge in [0.1, 0.15) is 0 Å². The van der Waals surface area contributed by atoms with Gasteiger partial charge < -0.3 is 4.90 Å². The number of benzene rings is 1. The number of nitrogens with zero attached hydrogens (tertiary/aromatic N) is 1. The van der Waals surface area contributed by atoms with Crippen LogP contribution in [0, 0.1) is 6.07 Å². The maximum Gasteiger partial charge on any atom is 0.418 e. The van der Waals surface area contributed by atoms with Crippen LogP contribution in [0.2, 0.25) is 0 Å². The third-order valence-corrected chi connectivity index (χ3v) is 2.56. The van der Waals surface area contributed by atoms with Gasteiger partial charge >= 0.3 is 6.18 Å². The molecule has 1 aliphatic heterocycles. The predicted molar refractivity (Wildman–Crippen MR) is 51.7 cm³/mol. The Morgan fingerprint density at radius 3 is 2.47 bits per heavy atom. The molecule has 0 N–H and O–H groups in total. The van der Waals surface area contributed by atoms with Crippen LogP contribution in [-0.4, -0.2) is 13.1 Å². The lowest BCUT2D eigenvalue weighted by Gasteiger charge is -2.22. The molecule has 4 heteroatoms. The van der Waals surface area contributed by atoms with Crippen molar-refractivity contribution in [2.45, 2.75) is 19.0 Å². The summed E-state index contributed by atoms with van der Waals surface area (Å²) in [6.45, 7) is 1.42. The summed E-state index contributed by atoms with van der Waals surface area (Å²) in [6, 6.07) is 6.71. The average molecular weight is 214 g/mol. The molecule has 15 heavy (non-hydrogen) atoms. The van der Waals surface area contributed by atoms with Gasteiger partial charge in [0, 0.05) is 18.8 Å². The monoisotopic (exact) mass is 214 g/mol. The molecule has 0 amide bonds. The molecule has 1 aliphatic rings. The second kappa shape index (κ2) is 3.76. The maximum absolute atomic E-state index is 12.6. The summed E-state index contributed by atoms with van der Waals surface area (Å²) >= 11 is 0.